The van der Waals surface area contributed by atoms with E-state index >= 15 is 0 Å². The highest BCUT2D eigenvalue weighted by Gasteiger charge is 2.28. The van der Waals surface area contributed by atoms with E-state index in [4.69, 9.17) is 9.97 Å². The minimum Gasteiger partial charge on any atom is -0.334 e. The maximum atomic E-state index is 13.2. The Hall–Kier alpha value is -1.79. The molecule has 2 aliphatic heterocycles. The summed E-state index contributed by atoms with van der Waals surface area (Å²) in [6, 6.07) is 0. The first kappa shape index (κ1) is 18.3. The Bertz CT molecular complexity index is 893. The highest BCUT2D eigenvalue weighted by Crippen LogP contribution is 2.32. The number of nitrogens with zero attached hydrogens (tertiary/aromatic N) is 4. The number of aryl methyl sites for hydroxylation is 1. The Kier molecular flexibility index (Phi) is 4.93. The summed E-state index contributed by atoms with van der Waals surface area (Å²) in [5.74, 6) is 1.64. The zero-order valence-corrected chi connectivity index (χ0v) is 17.4. The van der Waals surface area contributed by atoms with Gasteiger partial charge in [-0.2, -0.15) is 0 Å². The third-order valence-corrected chi connectivity index (χ3v) is 7.61. The van der Waals surface area contributed by atoms with Crippen molar-refractivity contribution in [2.75, 3.05) is 26.7 Å². The number of aromatic nitrogens is 2. The van der Waals surface area contributed by atoms with Crippen molar-refractivity contribution in [1.29, 1.82) is 0 Å². The van der Waals surface area contributed by atoms with Crippen molar-refractivity contribution in [3.8, 4) is 0 Å². The molecule has 1 amide bonds. The highest BCUT2D eigenvalue weighted by molar-refractivity contribution is 7.10. The molecule has 0 N–H and O–H groups in total. The molecule has 0 bridgehead atoms. The number of carbonyl (C=O) groups excluding carboxylic acids is 1. The van der Waals surface area contributed by atoms with Crippen LogP contribution in [0.5, 0.6) is 0 Å². The summed E-state index contributed by atoms with van der Waals surface area (Å²) in [6.45, 7) is 3.62. The van der Waals surface area contributed by atoms with Gasteiger partial charge in [0, 0.05) is 54.0 Å². The number of likely N-dealkylation sites (tertiary alicyclic amines) is 1. The summed E-state index contributed by atoms with van der Waals surface area (Å²) in [7, 11) is 2.18. The third kappa shape index (κ3) is 3.37. The van der Waals surface area contributed by atoms with Gasteiger partial charge >= 0.3 is 0 Å². The fraction of sp³-hybridized carbons (Fsp3) is 0.591. The molecule has 0 saturated carbocycles. The van der Waals surface area contributed by atoms with Gasteiger partial charge in [0.15, 0.2) is 0 Å². The molecule has 1 atom stereocenters. The molecular weight excluding hydrogens is 368 g/mol. The van der Waals surface area contributed by atoms with Crippen molar-refractivity contribution < 1.29 is 4.79 Å². The third-order valence-electron chi connectivity index (χ3n) is 6.52. The average molecular weight is 397 g/mol. The summed E-state index contributed by atoms with van der Waals surface area (Å²) >= 11 is 1.77. The zero-order chi connectivity index (χ0) is 19.1. The van der Waals surface area contributed by atoms with Gasteiger partial charge in [-0.1, -0.05) is 0 Å². The maximum absolute atomic E-state index is 13.2. The molecule has 2 aromatic heterocycles. The smallest absolute Gasteiger partial charge is 0.255 e. The van der Waals surface area contributed by atoms with Gasteiger partial charge in [-0.05, 0) is 57.7 Å². The number of hydrogen-bond acceptors (Lipinski definition) is 5. The molecule has 0 spiro atoms. The van der Waals surface area contributed by atoms with Gasteiger partial charge in [-0.3, -0.25) is 4.79 Å². The van der Waals surface area contributed by atoms with E-state index in [-0.39, 0.29) is 5.91 Å². The fourth-order valence-electron chi connectivity index (χ4n) is 4.92. The number of rotatable bonds is 2. The zero-order valence-electron chi connectivity index (χ0n) is 16.6. The van der Waals surface area contributed by atoms with Crippen LogP contribution in [0.4, 0.5) is 0 Å². The lowest BCUT2D eigenvalue weighted by molar-refractivity contribution is 0.0732. The van der Waals surface area contributed by atoms with E-state index in [9.17, 15) is 4.79 Å². The molecule has 28 heavy (non-hydrogen) atoms. The Morgan fingerprint density at radius 3 is 2.96 bits per heavy atom. The first-order valence-electron chi connectivity index (χ1n) is 10.6. The normalized spacial score (nSPS) is 22.6. The summed E-state index contributed by atoms with van der Waals surface area (Å²) in [5.41, 5.74) is 4.54. The van der Waals surface area contributed by atoms with Crippen LogP contribution < -0.4 is 0 Å². The second kappa shape index (κ2) is 7.56. The number of hydrogen-bond donors (Lipinski definition) is 0. The van der Waals surface area contributed by atoms with Crippen molar-refractivity contribution in [3.63, 3.8) is 0 Å². The van der Waals surface area contributed by atoms with Crippen LogP contribution in [0.15, 0.2) is 11.6 Å². The van der Waals surface area contributed by atoms with E-state index in [0.717, 1.165) is 55.0 Å². The first-order chi connectivity index (χ1) is 13.7. The molecule has 1 aliphatic carbocycles. The number of thiophene rings is 1. The summed E-state index contributed by atoms with van der Waals surface area (Å²) in [4.78, 5) is 28.6. The summed E-state index contributed by atoms with van der Waals surface area (Å²) in [6.07, 6.45) is 9.89. The number of fused-ring (bicyclic) bond motifs is 2. The van der Waals surface area contributed by atoms with Crippen LogP contribution in [0.1, 0.15) is 69.5 Å². The van der Waals surface area contributed by atoms with E-state index in [1.165, 1.54) is 42.7 Å². The second-order valence-corrected chi connectivity index (χ2v) is 9.50. The molecule has 5 rings (SSSR count). The van der Waals surface area contributed by atoms with Crippen molar-refractivity contribution in [1.82, 2.24) is 19.8 Å². The van der Waals surface area contributed by atoms with E-state index in [0.29, 0.717) is 12.5 Å². The highest BCUT2D eigenvalue weighted by atomic mass is 32.1. The minimum absolute atomic E-state index is 0.197. The van der Waals surface area contributed by atoms with Gasteiger partial charge in [0.25, 0.3) is 5.91 Å². The van der Waals surface area contributed by atoms with Gasteiger partial charge in [0.1, 0.15) is 5.82 Å². The number of amides is 1. The van der Waals surface area contributed by atoms with E-state index < -0.39 is 0 Å². The second-order valence-electron chi connectivity index (χ2n) is 8.54. The predicted molar refractivity (Wildman–Crippen MR) is 111 cm³/mol. The Morgan fingerprint density at radius 1 is 1.18 bits per heavy atom. The maximum Gasteiger partial charge on any atom is 0.255 e. The van der Waals surface area contributed by atoms with Crippen molar-refractivity contribution >= 4 is 17.2 Å². The van der Waals surface area contributed by atoms with Gasteiger partial charge < -0.3 is 9.80 Å². The lowest BCUT2D eigenvalue weighted by Gasteiger charge is -2.31. The molecule has 1 saturated heterocycles. The summed E-state index contributed by atoms with van der Waals surface area (Å²) in [5, 5.41) is 2.09. The SMILES string of the molecule is CN1CCCC(c2ncc3c(n2)CCN(C(=O)c2csc4c2CCCC4)C3)C1. The van der Waals surface area contributed by atoms with Crippen LogP contribution in [0.2, 0.25) is 0 Å². The largest absolute Gasteiger partial charge is 0.334 e. The number of carbonyl (C=O) groups is 1. The Balaban J connectivity index is 1.33. The topological polar surface area (TPSA) is 49.3 Å². The van der Waals surface area contributed by atoms with Crippen molar-refractivity contribution in [2.24, 2.45) is 0 Å². The van der Waals surface area contributed by atoms with Gasteiger partial charge in [0.05, 0.1) is 11.3 Å². The first-order valence-corrected chi connectivity index (χ1v) is 11.5. The lowest BCUT2D eigenvalue weighted by atomic mass is 9.95. The van der Waals surface area contributed by atoms with E-state index in [2.05, 4.69) is 17.3 Å². The molecule has 1 fully saturated rings. The van der Waals surface area contributed by atoms with Gasteiger partial charge in [0.2, 0.25) is 0 Å². The number of piperidine rings is 1. The van der Waals surface area contributed by atoms with Crippen LogP contribution in [0.3, 0.4) is 0 Å². The van der Waals surface area contributed by atoms with E-state index in [1.807, 2.05) is 11.1 Å². The lowest BCUT2D eigenvalue weighted by Crippen LogP contribution is -2.37. The van der Waals surface area contributed by atoms with Gasteiger partial charge in [-0.25, -0.2) is 9.97 Å². The molecule has 1 unspecified atom stereocenters. The van der Waals surface area contributed by atoms with Crippen LogP contribution in [0.25, 0.3) is 0 Å². The monoisotopic (exact) mass is 396 g/mol. The van der Waals surface area contributed by atoms with Crippen LogP contribution >= 0.6 is 11.3 Å². The molecule has 5 nitrogen and oxygen atoms in total. The standard InChI is InChI=1S/C22H28N4OS/c1-25-9-4-5-15(12-25)21-23-11-16-13-26(10-8-19(16)24-21)22(27)18-14-28-20-7-3-2-6-17(18)20/h11,14-15H,2-10,12-13H2,1H3. The van der Waals surface area contributed by atoms with Gasteiger partial charge in [-0.15, -0.1) is 11.3 Å². The quantitative estimate of drug-likeness (QED) is 0.780. The Labute approximate surface area is 170 Å². The van der Waals surface area contributed by atoms with Crippen LogP contribution in [-0.4, -0.2) is 52.4 Å². The Morgan fingerprint density at radius 2 is 2.07 bits per heavy atom. The number of likely N-dealkylation sites (N-methyl/N-ethyl adjacent to an activating group) is 1. The molecule has 2 aromatic rings. The average Bonchev–Trinajstić information content (AvgIpc) is 3.16. The molecular formula is C22H28N4OS. The minimum atomic E-state index is 0.197. The van der Waals surface area contributed by atoms with Crippen molar-refractivity contribution in [2.45, 2.75) is 57.4 Å². The van der Waals surface area contributed by atoms with Crippen LogP contribution in [0, 0.1) is 0 Å². The fourth-order valence-corrected chi connectivity index (χ4v) is 6.04. The molecule has 3 aliphatic rings. The molecule has 6 heteroatoms. The summed E-state index contributed by atoms with van der Waals surface area (Å²) < 4.78 is 0. The molecule has 4 heterocycles. The molecule has 0 radical (unpaired) electrons. The van der Waals surface area contributed by atoms with Crippen molar-refractivity contribution in [3.05, 3.63) is 44.7 Å². The van der Waals surface area contributed by atoms with Crippen LogP contribution in [-0.2, 0) is 25.8 Å². The molecule has 148 valence electrons. The molecule has 0 aromatic carbocycles. The predicted octanol–water partition coefficient (Wildman–Crippen LogP) is 3.42. The van der Waals surface area contributed by atoms with E-state index in [1.54, 1.807) is 11.3 Å².